The molecule has 1 fully saturated rings. The topological polar surface area (TPSA) is 78.9 Å². The van der Waals surface area contributed by atoms with E-state index in [-0.39, 0.29) is 11.7 Å². The second kappa shape index (κ2) is 5.21. The van der Waals surface area contributed by atoms with Gasteiger partial charge in [-0.3, -0.25) is 4.79 Å². The van der Waals surface area contributed by atoms with Crippen LogP contribution in [0.3, 0.4) is 0 Å². The third-order valence-corrected chi connectivity index (χ3v) is 3.91. The molecule has 3 N–H and O–H groups in total. The summed E-state index contributed by atoms with van der Waals surface area (Å²) in [6.07, 6.45) is 1.29. The largest absolute Gasteiger partial charge is 0.409 e. The molecule has 0 aromatic heterocycles. The number of halogens is 1. The van der Waals surface area contributed by atoms with E-state index in [0.29, 0.717) is 19.4 Å². The van der Waals surface area contributed by atoms with Crippen molar-refractivity contribution in [2.75, 3.05) is 7.05 Å². The van der Waals surface area contributed by atoms with E-state index in [1.807, 2.05) is 24.3 Å². The average molecular weight is 326 g/mol. The average Bonchev–Trinajstić information content (AvgIpc) is 3.18. The Labute approximate surface area is 120 Å². The zero-order valence-corrected chi connectivity index (χ0v) is 12.2. The summed E-state index contributed by atoms with van der Waals surface area (Å²) in [5.74, 6) is -0.0821. The summed E-state index contributed by atoms with van der Waals surface area (Å²) in [7, 11) is 1.73. The molecule has 0 heterocycles. The smallest absolute Gasteiger partial charge is 0.236 e. The second-order valence-corrected chi connectivity index (χ2v) is 5.77. The first-order valence-electron chi connectivity index (χ1n) is 5.97. The molecule has 0 spiro atoms. The quantitative estimate of drug-likeness (QED) is 0.384. The van der Waals surface area contributed by atoms with Crippen molar-refractivity contribution in [3.05, 3.63) is 34.3 Å². The number of carbonyl (C=O) groups excluding carboxylic acids is 1. The van der Waals surface area contributed by atoms with Gasteiger partial charge in [0.15, 0.2) is 5.84 Å². The summed E-state index contributed by atoms with van der Waals surface area (Å²) in [4.78, 5) is 14.0. The Morgan fingerprint density at radius 2 is 2.26 bits per heavy atom. The van der Waals surface area contributed by atoms with Crippen molar-refractivity contribution >= 4 is 27.7 Å². The normalized spacial score (nSPS) is 17.1. The SMILES string of the molecule is CN(Cc1cccc(Br)c1)C(=O)C1(/C(N)=N/O)CC1. The fourth-order valence-corrected chi connectivity index (χ4v) is 2.59. The molecule has 102 valence electrons. The second-order valence-electron chi connectivity index (χ2n) is 4.86. The molecule has 0 atom stereocenters. The molecule has 0 unspecified atom stereocenters. The lowest BCUT2D eigenvalue weighted by Crippen LogP contribution is -2.41. The van der Waals surface area contributed by atoms with E-state index < -0.39 is 5.41 Å². The van der Waals surface area contributed by atoms with Crippen LogP contribution in [0.15, 0.2) is 33.9 Å². The minimum absolute atomic E-state index is 0.0126. The highest BCUT2D eigenvalue weighted by Crippen LogP contribution is 2.47. The van der Waals surface area contributed by atoms with Gasteiger partial charge in [0.25, 0.3) is 0 Å². The number of hydrogen-bond donors (Lipinski definition) is 2. The van der Waals surface area contributed by atoms with Crippen LogP contribution < -0.4 is 5.73 Å². The van der Waals surface area contributed by atoms with Crippen molar-refractivity contribution in [2.45, 2.75) is 19.4 Å². The maximum Gasteiger partial charge on any atom is 0.236 e. The summed E-state index contributed by atoms with van der Waals surface area (Å²) in [6.45, 7) is 0.499. The van der Waals surface area contributed by atoms with Gasteiger partial charge in [-0.25, -0.2) is 0 Å². The Hall–Kier alpha value is -1.56. The third-order valence-electron chi connectivity index (χ3n) is 3.41. The molecule has 2 rings (SSSR count). The van der Waals surface area contributed by atoms with E-state index in [0.717, 1.165) is 10.0 Å². The van der Waals surface area contributed by atoms with Crippen molar-refractivity contribution in [2.24, 2.45) is 16.3 Å². The third kappa shape index (κ3) is 2.73. The Morgan fingerprint density at radius 3 is 2.79 bits per heavy atom. The summed E-state index contributed by atoms with van der Waals surface area (Å²) >= 11 is 3.40. The Bertz CT molecular complexity index is 526. The maximum atomic E-state index is 12.4. The zero-order chi connectivity index (χ0) is 14.0. The van der Waals surface area contributed by atoms with Crippen LogP contribution in [0, 0.1) is 5.41 Å². The fraction of sp³-hybridized carbons (Fsp3) is 0.385. The number of benzene rings is 1. The summed E-state index contributed by atoms with van der Waals surface area (Å²) < 4.78 is 0.975. The molecule has 0 radical (unpaired) electrons. The number of oxime groups is 1. The van der Waals surface area contributed by atoms with E-state index in [1.54, 1.807) is 11.9 Å². The first-order chi connectivity index (χ1) is 8.99. The monoisotopic (exact) mass is 325 g/mol. The number of amides is 1. The van der Waals surface area contributed by atoms with Crippen molar-refractivity contribution in [3.8, 4) is 0 Å². The van der Waals surface area contributed by atoms with Gasteiger partial charge >= 0.3 is 0 Å². The standard InChI is InChI=1S/C13H16BrN3O2/c1-17(8-9-3-2-4-10(14)7-9)12(18)13(5-6-13)11(15)16-19/h2-4,7,19H,5-6,8H2,1H3,(H2,15,16). The van der Waals surface area contributed by atoms with Gasteiger partial charge in [0.05, 0.1) is 0 Å². The number of nitrogens with two attached hydrogens (primary N) is 1. The van der Waals surface area contributed by atoms with Gasteiger partial charge in [-0.05, 0) is 30.5 Å². The molecule has 1 amide bonds. The Kier molecular flexibility index (Phi) is 3.80. The summed E-state index contributed by atoms with van der Waals surface area (Å²) in [6, 6.07) is 7.78. The number of amidine groups is 1. The predicted molar refractivity (Wildman–Crippen MR) is 75.7 cm³/mol. The maximum absolute atomic E-state index is 12.4. The molecule has 0 bridgehead atoms. The van der Waals surface area contributed by atoms with Crippen LogP contribution in [0.2, 0.25) is 0 Å². The molecule has 5 nitrogen and oxygen atoms in total. The number of rotatable bonds is 4. The van der Waals surface area contributed by atoms with Gasteiger partial charge in [-0.1, -0.05) is 33.2 Å². The van der Waals surface area contributed by atoms with Gasteiger partial charge in [0.2, 0.25) is 5.91 Å². The molecular formula is C13H16BrN3O2. The molecule has 1 aliphatic carbocycles. The molecule has 1 aromatic rings. The van der Waals surface area contributed by atoms with E-state index in [2.05, 4.69) is 21.1 Å². The molecule has 1 aromatic carbocycles. The van der Waals surface area contributed by atoms with Crippen LogP contribution in [0.4, 0.5) is 0 Å². The van der Waals surface area contributed by atoms with Crippen molar-refractivity contribution in [1.82, 2.24) is 4.90 Å². The first-order valence-corrected chi connectivity index (χ1v) is 6.77. The predicted octanol–water partition coefficient (Wildman–Crippen LogP) is 1.93. The minimum Gasteiger partial charge on any atom is -0.409 e. The lowest BCUT2D eigenvalue weighted by atomic mass is 10.0. The summed E-state index contributed by atoms with van der Waals surface area (Å²) in [5.41, 5.74) is 5.86. The van der Waals surface area contributed by atoms with Crippen molar-refractivity contribution in [1.29, 1.82) is 0 Å². The molecule has 1 saturated carbocycles. The van der Waals surface area contributed by atoms with Crippen molar-refractivity contribution in [3.63, 3.8) is 0 Å². The highest BCUT2D eigenvalue weighted by molar-refractivity contribution is 9.10. The van der Waals surface area contributed by atoms with E-state index in [9.17, 15) is 4.79 Å². The summed E-state index contributed by atoms with van der Waals surface area (Å²) in [5, 5.41) is 11.7. The molecule has 0 aliphatic heterocycles. The minimum atomic E-state index is -0.782. The first kappa shape index (κ1) is 13.9. The number of carbonyl (C=O) groups is 1. The van der Waals surface area contributed by atoms with Gasteiger partial charge in [-0.15, -0.1) is 0 Å². The Morgan fingerprint density at radius 1 is 1.58 bits per heavy atom. The van der Waals surface area contributed by atoms with Gasteiger partial charge < -0.3 is 15.8 Å². The fourth-order valence-electron chi connectivity index (χ4n) is 2.15. The molecular weight excluding hydrogens is 310 g/mol. The highest BCUT2D eigenvalue weighted by Gasteiger charge is 2.55. The Balaban J connectivity index is 2.09. The van der Waals surface area contributed by atoms with Gasteiger partial charge in [-0.2, -0.15) is 0 Å². The molecule has 0 saturated heterocycles. The molecule has 6 heteroatoms. The van der Waals surface area contributed by atoms with Crippen LogP contribution in [0.25, 0.3) is 0 Å². The van der Waals surface area contributed by atoms with Crippen LogP contribution in [-0.2, 0) is 11.3 Å². The zero-order valence-electron chi connectivity index (χ0n) is 10.6. The van der Waals surface area contributed by atoms with Gasteiger partial charge in [0.1, 0.15) is 5.41 Å². The lowest BCUT2D eigenvalue weighted by Gasteiger charge is -2.22. The van der Waals surface area contributed by atoms with E-state index >= 15 is 0 Å². The van der Waals surface area contributed by atoms with Crippen LogP contribution in [0.1, 0.15) is 18.4 Å². The van der Waals surface area contributed by atoms with Crippen LogP contribution in [0.5, 0.6) is 0 Å². The highest BCUT2D eigenvalue weighted by atomic mass is 79.9. The van der Waals surface area contributed by atoms with Crippen molar-refractivity contribution < 1.29 is 10.0 Å². The number of hydrogen-bond acceptors (Lipinski definition) is 3. The van der Waals surface area contributed by atoms with Crippen LogP contribution in [-0.4, -0.2) is 28.9 Å². The van der Waals surface area contributed by atoms with E-state index in [1.165, 1.54) is 0 Å². The number of nitrogens with zero attached hydrogens (tertiary/aromatic N) is 2. The molecule has 1 aliphatic rings. The lowest BCUT2D eigenvalue weighted by molar-refractivity contribution is -0.133. The van der Waals surface area contributed by atoms with E-state index in [4.69, 9.17) is 10.9 Å². The van der Waals surface area contributed by atoms with Gasteiger partial charge in [0, 0.05) is 18.1 Å². The molecule has 19 heavy (non-hydrogen) atoms. The van der Waals surface area contributed by atoms with Crippen LogP contribution >= 0.6 is 15.9 Å².